The fourth-order valence-electron chi connectivity index (χ4n) is 2.89. The Hall–Kier alpha value is -2.06. The average molecular weight is 402 g/mol. The molecular weight excluding hydrogens is 378 g/mol. The van der Waals surface area contributed by atoms with Gasteiger partial charge in [-0.25, -0.2) is 18.5 Å². The smallest absolute Gasteiger partial charge is 0.238 e. The highest BCUT2D eigenvalue weighted by Crippen LogP contribution is 2.22. The molecule has 0 aliphatic heterocycles. The molecule has 0 spiro atoms. The maximum atomic E-state index is 11.3. The maximum Gasteiger partial charge on any atom is 0.238 e. The summed E-state index contributed by atoms with van der Waals surface area (Å²) in [6.07, 6.45) is 1.02. The second kappa shape index (κ2) is 8.31. The zero-order chi connectivity index (χ0) is 19.4. The third-order valence-corrected chi connectivity index (χ3v) is 6.41. The summed E-state index contributed by atoms with van der Waals surface area (Å²) in [5.74, 6) is 0. The van der Waals surface area contributed by atoms with Gasteiger partial charge in [-0.2, -0.15) is 0 Å². The van der Waals surface area contributed by atoms with E-state index in [0.29, 0.717) is 0 Å². The average Bonchev–Trinajstić information content (AvgIpc) is 3.05. The summed E-state index contributed by atoms with van der Waals surface area (Å²) in [4.78, 5) is 8.07. The van der Waals surface area contributed by atoms with Gasteiger partial charge < -0.3 is 4.90 Å². The van der Waals surface area contributed by atoms with Gasteiger partial charge >= 0.3 is 0 Å². The van der Waals surface area contributed by atoms with Crippen molar-refractivity contribution >= 4 is 21.4 Å². The zero-order valence-electron chi connectivity index (χ0n) is 15.4. The molecule has 0 unspecified atom stereocenters. The maximum absolute atomic E-state index is 11.3. The van der Waals surface area contributed by atoms with Gasteiger partial charge in [-0.3, -0.25) is 0 Å². The van der Waals surface area contributed by atoms with Crippen molar-refractivity contribution in [2.24, 2.45) is 5.14 Å². The van der Waals surface area contributed by atoms with Gasteiger partial charge in [0.25, 0.3) is 0 Å². The van der Waals surface area contributed by atoms with Crippen molar-refractivity contribution in [2.45, 2.75) is 24.8 Å². The number of thiazole rings is 1. The molecular formula is C20H23N3O2S2. The van der Waals surface area contributed by atoms with Crippen LogP contribution in [-0.2, 0) is 23.0 Å². The SMILES string of the molecule is Cc1ncsc1CCN(C)Cc1ccc(-c2ccc(S(N)(=O)=O)cc2)cc1. The highest BCUT2D eigenvalue weighted by molar-refractivity contribution is 7.89. The first-order valence-electron chi connectivity index (χ1n) is 8.62. The molecule has 0 saturated heterocycles. The molecule has 0 aliphatic carbocycles. The van der Waals surface area contributed by atoms with E-state index >= 15 is 0 Å². The van der Waals surface area contributed by atoms with Crippen LogP contribution < -0.4 is 5.14 Å². The summed E-state index contributed by atoms with van der Waals surface area (Å²) in [5, 5.41) is 5.14. The van der Waals surface area contributed by atoms with Gasteiger partial charge in [0, 0.05) is 18.0 Å². The summed E-state index contributed by atoms with van der Waals surface area (Å²) in [6, 6.07) is 15.0. The first-order valence-corrected chi connectivity index (χ1v) is 11.1. The van der Waals surface area contributed by atoms with E-state index in [9.17, 15) is 8.42 Å². The fraction of sp³-hybridized carbons (Fsp3) is 0.250. The largest absolute Gasteiger partial charge is 0.302 e. The Morgan fingerprint density at radius 2 is 1.63 bits per heavy atom. The van der Waals surface area contributed by atoms with Crippen molar-refractivity contribution in [1.29, 1.82) is 0 Å². The molecule has 142 valence electrons. The van der Waals surface area contributed by atoms with E-state index in [1.165, 1.54) is 22.6 Å². The van der Waals surface area contributed by atoms with Crippen LogP contribution in [0.2, 0.25) is 0 Å². The number of likely N-dealkylation sites (N-methyl/N-ethyl adjacent to an activating group) is 1. The van der Waals surface area contributed by atoms with Gasteiger partial charge in [0.1, 0.15) is 0 Å². The van der Waals surface area contributed by atoms with Crippen LogP contribution in [0.3, 0.4) is 0 Å². The van der Waals surface area contributed by atoms with Crippen molar-refractivity contribution in [2.75, 3.05) is 13.6 Å². The Morgan fingerprint density at radius 1 is 1.04 bits per heavy atom. The molecule has 0 aliphatic rings. The standard InChI is InChI=1S/C20H23N3O2S2/c1-15-20(26-14-22-15)11-12-23(2)13-16-3-5-17(6-4-16)18-7-9-19(10-8-18)27(21,24)25/h3-10,14H,11-13H2,1-2H3,(H2,21,24,25). The van der Waals surface area contributed by atoms with Crippen LogP contribution in [-0.4, -0.2) is 31.9 Å². The van der Waals surface area contributed by atoms with Gasteiger partial charge in [-0.1, -0.05) is 36.4 Å². The van der Waals surface area contributed by atoms with Crippen LogP contribution in [0.25, 0.3) is 11.1 Å². The van der Waals surface area contributed by atoms with Crippen LogP contribution in [0.1, 0.15) is 16.1 Å². The second-order valence-corrected chi connectivity index (χ2v) is 9.12. The summed E-state index contributed by atoms with van der Waals surface area (Å²) in [7, 11) is -1.53. The van der Waals surface area contributed by atoms with Gasteiger partial charge in [-0.15, -0.1) is 11.3 Å². The summed E-state index contributed by atoms with van der Waals surface area (Å²) in [5.41, 5.74) is 6.28. The minimum Gasteiger partial charge on any atom is -0.302 e. The van der Waals surface area contributed by atoms with Crippen molar-refractivity contribution in [3.8, 4) is 11.1 Å². The number of aryl methyl sites for hydroxylation is 1. The molecule has 27 heavy (non-hydrogen) atoms. The molecule has 1 aromatic heterocycles. The Morgan fingerprint density at radius 3 is 2.15 bits per heavy atom. The Labute approximate surface area is 164 Å². The van der Waals surface area contributed by atoms with Gasteiger partial charge in [0.15, 0.2) is 0 Å². The third kappa shape index (κ3) is 5.23. The van der Waals surface area contributed by atoms with Crippen molar-refractivity contribution in [3.05, 3.63) is 70.2 Å². The third-order valence-electron chi connectivity index (χ3n) is 4.49. The molecule has 0 amide bonds. The van der Waals surface area contributed by atoms with Crippen molar-refractivity contribution in [1.82, 2.24) is 9.88 Å². The van der Waals surface area contributed by atoms with E-state index in [1.54, 1.807) is 23.5 Å². The minimum atomic E-state index is -3.66. The lowest BCUT2D eigenvalue weighted by molar-refractivity contribution is 0.332. The van der Waals surface area contributed by atoms with Crippen molar-refractivity contribution in [3.63, 3.8) is 0 Å². The van der Waals surface area contributed by atoms with Crippen LogP contribution in [0.5, 0.6) is 0 Å². The van der Waals surface area contributed by atoms with Crippen LogP contribution >= 0.6 is 11.3 Å². The first-order chi connectivity index (χ1) is 12.8. The predicted octanol–water partition coefficient (Wildman–Crippen LogP) is 3.44. The number of primary sulfonamides is 1. The highest BCUT2D eigenvalue weighted by atomic mass is 32.2. The number of sulfonamides is 1. The molecule has 0 fully saturated rings. The van der Waals surface area contributed by atoms with Gasteiger partial charge in [0.05, 0.1) is 16.1 Å². The topological polar surface area (TPSA) is 76.3 Å². The molecule has 1 heterocycles. The van der Waals surface area contributed by atoms with Gasteiger partial charge in [-0.05, 0) is 49.2 Å². The lowest BCUT2D eigenvalue weighted by atomic mass is 10.0. The molecule has 3 rings (SSSR count). The number of hydrogen-bond acceptors (Lipinski definition) is 5. The Kier molecular flexibility index (Phi) is 6.06. The van der Waals surface area contributed by atoms with Crippen molar-refractivity contribution < 1.29 is 8.42 Å². The molecule has 7 heteroatoms. The lowest BCUT2D eigenvalue weighted by Gasteiger charge is -2.16. The fourth-order valence-corrected chi connectivity index (χ4v) is 4.17. The van der Waals surface area contributed by atoms with E-state index in [-0.39, 0.29) is 4.90 Å². The molecule has 0 bridgehead atoms. The minimum absolute atomic E-state index is 0.126. The monoisotopic (exact) mass is 401 g/mol. The Bertz CT molecular complexity index is 994. The number of rotatable bonds is 7. The van der Waals surface area contributed by atoms with Crippen LogP contribution in [0, 0.1) is 6.92 Å². The number of nitrogens with two attached hydrogens (primary N) is 1. The predicted molar refractivity (Wildman–Crippen MR) is 110 cm³/mol. The molecule has 3 aromatic rings. The normalized spacial score (nSPS) is 11.9. The molecule has 0 radical (unpaired) electrons. The molecule has 2 aromatic carbocycles. The number of hydrogen-bond donors (Lipinski definition) is 1. The summed E-state index contributed by atoms with van der Waals surface area (Å²) < 4.78 is 22.7. The number of benzene rings is 2. The molecule has 0 atom stereocenters. The van der Waals surface area contributed by atoms with Crippen LogP contribution in [0.4, 0.5) is 0 Å². The van der Waals surface area contributed by atoms with Crippen LogP contribution in [0.15, 0.2) is 58.9 Å². The second-order valence-electron chi connectivity index (χ2n) is 6.62. The summed E-state index contributed by atoms with van der Waals surface area (Å²) >= 11 is 1.72. The molecule has 2 N–H and O–H groups in total. The Balaban J connectivity index is 1.60. The van der Waals surface area contributed by atoms with E-state index in [2.05, 4.69) is 48.1 Å². The van der Waals surface area contributed by atoms with E-state index in [4.69, 9.17) is 5.14 Å². The molecule has 5 nitrogen and oxygen atoms in total. The van der Waals surface area contributed by atoms with E-state index in [1.807, 2.05) is 5.51 Å². The van der Waals surface area contributed by atoms with E-state index < -0.39 is 10.0 Å². The zero-order valence-corrected chi connectivity index (χ0v) is 17.1. The highest BCUT2D eigenvalue weighted by Gasteiger charge is 2.08. The quantitative estimate of drug-likeness (QED) is 0.658. The summed E-state index contributed by atoms with van der Waals surface area (Å²) in [6.45, 7) is 3.92. The van der Waals surface area contributed by atoms with E-state index in [0.717, 1.165) is 36.3 Å². The first kappa shape index (κ1) is 19.7. The number of nitrogens with zero attached hydrogens (tertiary/aromatic N) is 2. The molecule has 0 saturated carbocycles. The number of aromatic nitrogens is 1. The van der Waals surface area contributed by atoms with Gasteiger partial charge in [0.2, 0.25) is 10.0 Å². The lowest BCUT2D eigenvalue weighted by Crippen LogP contribution is -2.20.